The molecule has 0 aliphatic rings. The van der Waals surface area contributed by atoms with Gasteiger partial charge in [-0.3, -0.25) is 9.59 Å². The molecule has 28 heavy (non-hydrogen) atoms. The Morgan fingerprint density at radius 3 is 2.57 bits per heavy atom. The molecule has 0 radical (unpaired) electrons. The van der Waals surface area contributed by atoms with E-state index in [0.29, 0.717) is 6.54 Å². The number of aromatic nitrogens is 2. The van der Waals surface area contributed by atoms with Crippen LogP contribution in [0.15, 0.2) is 41.2 Å². The van der Waals surface area contributed by atoms with E-state index in [0.717, 1.165) is 12.8 Å². The number of methoxy groups -OCH3 is 1. The third-order valence-corrected chi connectivity index (χ3v) is 3.74. The largest absolute Gasteiger partial charge is 0.465 e. The van der Waals surface area contributed by atoms with Crippen molar-refractivity contribution in [2.24, 2.45) is 0 Å². The molecule has 148 valence electrons. The molecule has 0 bridgehead atoms. The number of carbonyl (C=O) groups excluding carboxylic acids is 3. The van der Waals surface area contributed by atoms with Gasteiger partial charge in [0.05, 0.1) is 18.4 Å². The van der Waals surface area contributed by atoms with Gasteiger partial charge in [0.25, 0.3) is 11.5 Å². The minimum Gasteiger partial charge on any atom is -0.465 e. The van der Waals surface area contributed by atoms with Crippen LogP contribution in [0.4, 0.5) is 5.69 Å². The fourth-order valence-corrected chi connectivity index (χ4v) is 2.30. The fraction of sp³-hybridized carbons (Fsp3) is 0.316. The first kappa shape index (κ1) is 20.8. The average Bonchev–Trinajstić information content (AvgIpc) is 2.71. The van der Waals surface area contributed by atoms with Crippen molar-refractivity contribution >= 4 is 23.5 Å². The molecule has 9 heteroatoms. The number of ether oxygens (including phenoxy) is 2. The number of nitrogens with zero attached hydrogens (tertiary/aromatic N) is 2. The van der Waals surface area contributed by atoms with Crippen LogP contribution in [0.25, 0.3) is 0 Å². The average molecular weight is 387 g/mol. The first-order valence-corrected chi connectivity index (χ1v) is 8.68. The molecule has 1 N–H and O–H groups in total. The van der Waals surface area contributed by atoms with E-state index in [1.54, 1.807) is 12.1 Å². The summed E-state index contributed by atoms with van der Waals surface area (Å²) in [5.74, 6) is -2.07. The number of para-hydroxylation sites is 1. The van der Waals surface area contributed by atoms with E-state index in [-0.39, 0.29) is 22.5 Å². The lowest BCUT2D eigenvalue weighted by Gasteiger charge is -2.10. The molecule has 0 spiro atoms. The molecule has 0 atom stereocenters. The van der Waals surface area contributed by atoms with Crippen molar-refractivity contribution in [3.8, 4) is 0 Å². The van der Waals surface area contributed by atoms with Gasteiger partial charge >= 0.3 is 11.9 Å². The van der Waals surface area contributed by atoms with Crippen molar-refractivity contribution in [2.75, 3.05) is 19.0 Å². The fourth-order valence-electron chi connectivity index (χ4n) is 2.30. The molecule has 0 fully saturated rings. The van der Waals surface area contributed by atoms with Gasteiger partial charge in [-0.05, 0) is 24.6 Å². The maximum atomic E-state index is 12.1. The topological polar surface area (TPSA) is 117 Å². The molecule has 1 amide bonds. The Morgan fingerprint density at radius 2 is 1.86 bits per heavy atom. The summed E-state index contributed by atoms with van der Waals surface area (Å²) in [7, 11) is 1.23. The lowest BCUT2D eigenvalue weighted by Crippen LogP contribution is -2.26. The van der Waals surface area contributed by atoms with E-state index >= 15 is 0 Å². The number of aryl methyl sites for hydroxylation is 1. The van der Waals surface area contributed by atoms with Crippen LogP contribution in [0.2, 0.25) is 0 Å². The second-order valence-corrected chi connectivity index (χ2v) is 5.79. The van der Waals surface area contributed by atoms with Crippen LogP contribution in [0.5, 0.6) is 0 Å². The van der Waals surface area contributed by atoms with E-state index in [1.807, 2.05) is 6.92 Å². The zero-order valence-corrected chi connectivity index (χ0v) is 15.6. The maximum Gasteiger partial charge on any atom is 0.359 e. The molecule has 1 aromatic heterocycles. The normalized spacial score (nSPS) is 10.2. The maximum absolute atomic E-state index is 12.1. The number of anilines is 1. The summed E-state index contributed by atoms with van der Waals surface area (Å²) < 4.78 is 10.8. The smallest absolute Gasteiger partial charge is 0.359 e. The summed E-state index contributed by atoms with van der Waals surface area (Å²) in [5, 5.41) is 6.45. The summed E-state index contributed by atoms with van der Waals surface area (Å²) in [6, 6.07) is 8.76. The summed E-state index contributed by atoms with van der Waals surface area (Å²) in [4.78, 5) is 47.6. The highest BCUT2D eigenvalue weighted by atomic mass is 16.5. The second kappa shape index (κ2) is 10.0. The standard InChI is InChI=1S/C19H21N3O6/c1-3-4-11-22-17(24)10-9-15(21-22)19(26)28-12-16(23)20-14-8-6-5-7-13(14)18(25)27-2/h5-10H,3-4,11-12H2,1-2H3,(H,20,23). The van der Waals surface area contributed by atoms with E-state index in [9.17, 15) is 19.2 Å². The Bertz CT molecular complexity index is 922. The Kier molecular flexibility index (Phi) is 7.44. The Hall–Kier alpha value is -3.49. The molecule has 0 aliphatic heterocycles. The minimum atomic E-state index is -0.832. The second-order valence-electron chi connectivity index (χ2n) is 5.79. The Morgan fingerprint density at radius 1 is 1.11 bits per heavy atom. The molecular formula is C19H21N3O6. The van der Waals surface area contributed by atoms with Crippen LogP contribution in [0.3, 0.4) is 0 Å². The zero-order chi connectivity index (χ0) is 20.5. The number of carbonyl (C=O) groups is 3. The van der Waals surface area contributed by atoms with Gasteiger partial charge in [-0.15, -0.1) is 0 Å². The highest BCUT2D eigenvalue weighted by Crippen LogP contribution is 2.15. The van der Waals surface area contributed by atoms with E-state index in [2.05, 4.69) is 15.2 Å². The van der Waals surface area contributed by atoms with Crippen molar-refractivity contribution in [1.82, 2.24) is 9.78 Å². The van der Waals surface area contributed by atoms with E-state index < -0.39 is 24.5 Å². The van der Waals surface area contributed by atoms with Crippen molar-refractivity contribution < 1.29 is 23.9 Å². The van der Waals surface area contributed by atoms with E-state index in [1.165, 1.54) is 36.1 Å². The molecule has 0 saturated heterocycles. The van der Waals surface area contributed by atoms with Crippen molar-refractivity contribution in [2.45, 2.75) is 26.3 Å². The molecule has 2 aromatic rings. The van der Waals surface area contributed by atoms with E-state index in [4.69, 9.17) is 4.74 Å². The summed E-state index contributed by atoms with van der Waals surface area (Å²) in [6.45, 7) is 1.78. The third-order valence-electron chi connectivity index (χ3n) is 3.74. The highest BCUT2D eigenvalue weighted by Gasteiger charge is 2.16. The lowest BCUT2D eigenvalue weighted by atomic mass is 10.2. The highest BCUT2D eigenvalue weighted by molar-refractivity contribution is 6.02. The third kappa shape index (κ3) is 5.50. The van der Waals surface area contributed by atoms with Gasteiger partial charge in [0.2, 0.25) is 0 Å². The summed E-state index contributed by atoms with van der Waals surface area (Å²) in [6.07, 6.45) is 1.61. The Labute approximate surface area is 161 Å². The number of hydrogen-bond donors (Lipinski definition) is 1. The number of nitrogens with one attached hydrogen (secondary N) is 1. The van der Waals surface area contributed by atoms with Gasteiger partial charge < -0.3 is 14.8 Å². The first-order valence-electron chi connectivity index (χ1n) is 8.68. The molecule has 0 unspecified atom stereocenters. The molecule has 0 aliphatic carbocycles. The van der Waals surface area contributed by atoms with Crippen LogP contribution in [-0.4, -0.2) is 41.3 Å². The number of hydrogen-bond acceptors (Lipinski definition) is 7. The zero-order valence-electron chi connectivity index (χ0n) is 15.6. The predicted molar refractivity (Wildman–Crippen MR) is 100 cm³/mol. The van der Waals surface area contributed by atoms with Gasteiger partial charge in [0, 0.05) is 12.6 Å². The van der Waals surface area contributed by atoms with Gasteiger partial charge in [-0.2, -0.15) is 5.10 Å². The summed E-state index contributed by atoms with van der Waals surface area (Å²) >= 11 is 0. The monoisotopic (exact) mass is 387 g/mol. The van der Waals surface area contributed by atoms with Gasteiger partial charge in [0.1, 0.15) is 0 Å². The van der Waals surface area contributed by atoms with Crippen LogP contribution >= 0.6 is 0 Å². The Balaban J connectivity index is 1.99. The molecule has 9 nitrogen and oxygen atoms in total. The van der Waals surface area contributed by atoms with Crippen LogP contribution in [0, 0.1) is 0 Å². The van der Waals surface area contributed by atoms with Gasteiger partial charge in [-0.25, -0.2) is 14.3 Å². The SMILES string of the molecule is CCCCn1nc(C(=O)OCC(=O)Nc2ccccc2C(=O)OC)ccc1=O. The van der Waals surface area contributed by atoms with Gasteiger partial charge in [0.15, 0.2) is 12.3 Å². The molecule has 1 aromatic carbocycles. The van der Waals surface area contributed by atoms with Crippen LogP contribution in [-0.2, 0) is 20.8 Å². The minimum absolute atomic E-state index is 0.0709. The van der Waals surface area contributed by atoms with Crippen molar-refractivity contribution in [1.29, 1.82) is 0 Å². The number of benzene rings is 1. The molecule has 2 rings (SSSR count). The number of esters is 2. The van der Waals surface area contributed by atoms with Crippen molar-refractivity contribution in [3.05, 3.63) is 58.0 Å². The quantitative estimate of drug-likeness (QED) is 0.684. The van der Waals surface area contributed by atoms with Gasteiger partial charge in [-0.1, -0.05) is 25.5 Å². The number of amides is 1. The number of unbranched alkanes of at least 4 members (excludes halogenated alkanes) is 1. The van der Waals surface area contributed by atoms with Crippen LogP contribution in [0.1, 0.15) is 40.6 Å². The van der Waals surface area contributed by atoms with Crippen LogP contribution < -0.4 is 10.9 Å². The summed E-state index contributed by atoms with van der Waals surface area (Å²) in [5.41, 5.74) is 0.0246. The molecule has 1 heterocycles. The lowest BCUT2D eigenvalue weighted by molar-refractivity contribution is -0.119. The molecular weight excluding hydrogens is 366 g/mol. The van der Waals surface area contributed by atoms with Crippen molar-refractivity contribution in [3.63, 3.8) is 0 Å². The number of rotatable bonds is 8. The predicted octanol–water partition coefficient (Wildman–Crippen LogP) is 1.63. The molecule has 0 saturated carbocycles. The first-order chi connectivity index (χ1) is 13.5.